The van der Waals surface area contributed by atoms with Crippen LogP contribution in [0.3, 0.4) is 0 Å². The van der Waals surface area contributed by atoms with Gasteiger partial charge in [-0.25, -0.2) is 0 Å². The average molecular weight is 323 g/mol. The van der Waals surface area contributed by atoms with Gasteiger partial charge in [-0.1, -0.05) is 19.8 Å². The molecule has 1 saturated heterocycles. The molecule has 2 amide bonds. The summed E-state index contributed by atoms with van der Waals surface area (Å²) in [4.78, 5) is 24.5. The second-order valence-corrected chi connectivity index (χ2v) is 8.81. The Morgan fingerprint density at radius 3 is 2.00 bits per heavy atom. The van der Waals surface area contributed by atoms with Crippen LogP contribution in [0.1, 0.15) is 73.1 Å². The van der Waals surface area contributed by atoms with Gasteiger partial charge in [0, 0.05) is 23.2 Å². The fourth-order valence-corrected chi connectivity index (χ4v) is 4.44. The van der Waals surface area contributed by atoms with Gasteiger partial charge < -0.3 is 16.0 Å². The van der Waals surface area contributed by atoms with Gasteiger partial charge in [-0.2, -0.15) is 0 Å². The van der Waals surface area contributed by atoms with Crippen molar-refractivity contribution in [2.75, 3.05) is 0 Å². The predicted octanol–water partition coefficient (Wildman–Crippen LogP) is 2.11. The first-order valence-corrected chi connectivity index (χ1v) is 8.99. The molecule has 1 saturated carbocycles. The predicted molar refractivity (Wildman–Crippen MR) is 92.0 cm³/mol. The van der Waals surface area contributed by atoms with Gasteiger partial charge in [0.05, 0.1) is 0 Å². The molecule has 0 radical (unpaired) electrons. The van der Waals surface area contributed by atoms with E-state index < -0.39 is 11.8 Å². The van der Waals surface area contributed by atoms with Crippen molar-refractivity contribution in [1.29, 1.82) is 0 Å². The topological polar surface area (TPSA) is 70.2 Å². The highest BCUT2D eigenvalue weighted by atomic mass is 16.2. The molecule has 5 heteroatoms. The zero-order valence-electron chi connectivity index (χ0n) is 15.3. The lowest BCUT2D eigenvalue weighted by molar-refractivity contribution is -0.140. The van der Waals surface area contributed by atoms with E-state index in [1.807, 2.05) is 0 Å². The number of amides is 2. The molecule has 2 aliphatic rings. The molecule has 0 spiro atoms. The van der Waals surface area contributed by atoms with Crippen LogP contribution in [0.15, 0.2) is 0 Å². The quantitative estimate of drug-likeness (QED) is 0.682. The molecule has 5 nitrogen and oxygen atoms in total. The summed E-state index contributed by atoms with van der Waals surface area (Å²) in [5, 5.41) is 9.46. The van der Waals surface area contributed by atoms with Gasteiger partial charge in [0.15, 0.2) is 0 Å². The molecule has 1 aliphatic carbocycles. The fourth-order valence-electron chi connectivity index (χ4n) is 4.44. The Morgan fingerprint density at radius 2 is 1.43 bits per heavy atom. The highest BCUT2D eigenvalue weighted by molar-refractivity contribution is 6.35. The largest absolute Gasteiger partial charge is 0.345 e. The number of hydrogen-bond donors (Lipinski definition) is 3. The lowest BCUT2D eigenvalue weighted by atomic mass is 9.79. The van der Waals surface area contributed by atoms with Crippen molar-refractivity contribution in [3.05, 3.63) is 0 Å². The van der Waals surface area contributed by atoms with Gasteiger partial charge in [0.2, 0.25) is 0 Å². The van der Waals surface area contributed by atoms with Crippen LogP contribution in [0, 0.1) is 5.92 Å². The molecule has 0 aromatic rings. The Balaban J connectivity index is 1.89. The summed E-state index contributed by atoms with van der Waals surface area (Å²) < 4.78 is 0. The van der Waals surface area contributed by atoms with Crippen LogP contribution >= 0.6 is 0 Å². The molecule has 2 rings (SSSR count). The van der Waals surface area contributed by atoms with Crippen molar-refractivity contribution in [2.45, 2.75) is 96.3 Å². The Kier molecular flexibility index (Phi) is 5.39. The summed E-state index contributed by atoms with van der Waals surface area (Å²) in [6.07, 6.45) is 6.12. The van der Waals surface area contributed by atoms with Gasteiger partial charge in [0.25, 0.3) is 0 Å². The van der Waals surface area contributed by atoms with Crippen LogP contribution in [0.25, 0.3) is 0 Å². The van der Waals surface area contributed by atoms with E-state index in [0.29, 0.717) is 5.92 Å². The van der Waals surface area contributed by atoms with Gasteiger partial charge >= 0.3 is 11.8 Å². The van der Waals surface area contributed by atoms with Gasteiger partial charge in [-0.05, 0) is 59.3 Å². The standard InChI is InChI=1S/C18H33N3O2/c1-12-8-6-7-9-14(12)20-16(23)15(22)19-13-10-17(2,3)21-18(4,5)11-13/h12-14,21H,6-11H2,1-5H3,(H,19,22)(H,20,23)/t12-,14+/m0/s1. The number of carbonyl (C=O) groups is 2. The Labute approximate surface area is 140 Å². The molecule has 0 bridgehead atoms. The maximum absolute atomic E-state index is 12.3. The van der Waals surface area contributed by atoms with Crippen molar-refractivity contribution in [2.24, 2.45) is 5.92 Å². The smallest absolute Gasteiger partial charge is 0.309 e. The molecule has 23 heavy (non-hydrogen) atoms. The summed E-state index contributed by atoms with van der Waals surface area (Å²) in [7, 11) is 0. The third kappa shape index (κ3) is 5.20. The fraction of sp³-hybridized carbons (Fsp3) is 0.889. The van der Waals surface area contributed by atoms with Crippen molar-refractivity contribution in [3.63, 3.8) is 0 Å². The minimum Gasteiger partial charge on any atom is -0.345 e. The van der Waals surface area contributed by atoms with Crippen LogP contribution in [-0.2, 0) is 9.59 Å². The summed E-state index contributed by atoms with van der Waals surface area (Å²) in [6, 6.07) is 0.172. The first-order chi connectivity index (χ1) is 10.6. The number of carbonyl (C=O) groups excluding carboxylic acids is 2. The monoisotopic (exact) mass is 323 g/mol. The lowest BCUT2D eigenvalue weighted by Gasteiger charge is -2.46. The van der Waals surface area contributed by atoms with Gasteiger partial charge in [0.1, 0.15) is 0 Å². The first-order valence-electron chi connectivity index (χ1n) is 8.99. The highest BCUT2D eigenvalue weighted by Crippen LogP contribution is 2.28. The first kappa shape index (κ1) is 18.2. The Morgan fingerprint density at radius 1 is 0.913 bits per heavy atom. The van der Waals surface area contributed by atoms with Crippen molar-refractivity contribution in [3.8, 4) is 0 Å². The molecule has 1 aliphatic heterocycles. The number of rotatable bonds is 2. The third-order valence-electron chi connectivity index (χ3n) is 5.16. The Hall–Kier alpha value is -1.10. The maximum Gasteiger partial charge on any atom is 0.309 e. The zero-order valence-corrected chi connectivity index (χ0v) is 15.3. The molecule has 1 heterocycles. The second kappa shape index (κ2) is 6.80. The van der Waals surface area contributed by atoms with Crippen LogP contribution in [-0.4, -0.2) is 35.0 Å². The van der Waals surface area contributed by atoms with E-state index in [2.05, 4.69) is 50.6 Å². The van der Waals surface area contributed by atoms with Crippen LogP contribution in [0.5, 0.6) is 0 Å². The summed E-state index contributed by atoms with van der Waals surface area (Å²) in [5.74, 6) is -0.503. The molecule has 2 fully saturated rings. The maximum atomic E-state index is 12.3. The third-order valence-corrected chi connectivity index (χ3v) is 5.16. The summed E-state index contributed by atoms with van der Waals surface area (Å²) >= 11 is 0. The van der Waals surface area contributed by atoms with Gasteiger partial charge in [-0.15, -0.1) is 0 Å². The van der Waals surface area contributed by atoms with Gasteiger partial charge in [-0.3, -0.25) is 9.59 Å². The van der Waals surface area contributed by atoms with Crippen molar-refractivity contribution < 1.29 is 9.59 Å². The minimum atomic E-state index is -0.485. The van der Waals surface area contributed by atoms with E-state index in [-0.39, 0.29) is 23.2 Å². The molecule has 3 N–H and O–H groups in total. The molecule has 132 valence electrons. The van der Waals surface area contributed by atoms with E-state index in [1.165, 1.54) is 6.42 Å². The van der Waals surface area contributed by atoms with Crippen LogP contribution < -0.4 is 16.0 Å². The second-order valence-electron chi connectivity index (χ2n) is 8.81. The van der Waals surface area contributed by atoms with E-state index in [9.17, 15) is 9.59 Å². The number of piperidine rings is 1. The van der Waals surface area contributed by atoms with E-state index in [0.717, 1.165) is 32.1 Å². The van der Waals surface area contributed by atoms with E-state index in [4.69, 9.17) is 0 Å². The average Bonchev–Trinajstić information content (AvgIpc) is 2.37. The number of hydrogen-bond acceptors (Lipinski definition) is 3. The van der Waals surface area contributed by atoms with Crippen molar-refractivity contribution in [1.82, 2.24) is 16.0 Å². The molecule has 2 atom stereocenters. The summed E-state index contributed by atoms with van der Waals surface area (Å²) in [5.41, 5.74) is -0.0951. The zero-order chi connectivity index (χ0) is 17.3. The normalized spacial score (nSPS) is 30.5. The van der Waals surface area contributed by atoms with Crippen LogP contribution in [0.4, 0.5) is 0 Å². The highest BCUT2D eigenvalue weighted by Gasteiger charge is 2.38. The SMILES string of the molecule is C[C@H]1CCCC[C@H]1NC(=O)C(=O)NC1CC(C)(C)NC(C)(C)C1. The Bertz CT molecular complexity index is 443. The van der Waals surface area contributed by atoms with E-state index >= 15 is 0 Å². The summed E-state index contributed by atoms with van der Waals surface area (Å²) in [6.45, 7) is 10.7. The molecular formula is C18H33N3O2. The van der Waals surface area contributed by atoms with E-state index in [1.54, 1.807) is 0 Å². The molecule has 0 aromatic heterocycles. The lowest BCUT2D eigenvalue weighted by Crippen LogP contribution is -2.63. The van der Waals surface area contributed by atoms with Crippen molar-refractivity contribution >= 4 is 11.8 Å². The minimum absolute atomic E-state index is 0.0308. The number of nitrogens with one attached hydrogen (secondary N) is 3. The molecule has 0 unspecified atom stereocenters. The molecular weight excluding hydrogens is 290 g/mol. The van der Waals surface area contributed by atoms with Crippen LogP contribution in [0.2, 0.25) is 0 Å². The molecule has 0 aromatic carbocycles.